The molecule has 0 saturated carbocycles. The van der Waals surface area contributed by atoms with Gasteiger partial charge >= 0.3 is 0 Å². The van der Waals surface area contributed by atoms with Crippen molar-refractivity contribution >= 4 is 30.2 Å². The van der Waals surface area contributed by atoms with Gasteiger partial charge in [0.15, 0.2) is 0 Å². The average molecular weight is 374 g/mol. The van der Waals surface area contributed by atoms with Gasteiger partial charge in [-0.05, 0) is 31.0 Å². The lowest BCUT2D eigenvalue weighted by atomic mass is 10.1. The van der Waals surface area contributed by atoms with Crippen LogP contribution in [0.4, 0.5) is 5.69 Å². The summed E-state index contributed by atoms with van der Waals surface area (Å²) in [6, 6.07) is 5.60. The minimum absolute atomic E-state index is 0.268. The molecule has 0 aliphatic carbocycles. The van der Waals surface area contributed by atoms with Gasteiger partial charge < -0.3 is 15.1 Å². The van der Waals surface area contributed by atoms with Crippen molar-refractivity contribution in [1.82, 2.24) is 15.5 Å². The summed E-state index contributed by atoms with van der Waals surface area (Å²) in [4.78, 5) is 46.5. The van der Waals surface area contributed by atoms with E-state index in [-0.39, 0.29) is 11.8 Å². The van der Waals surface area contributed by atoms with Gasteiger partial charge in [0.05, 0.1) is 0 Å². The van der Waals surface area contributed by atoms with Gasteiger partial charge in [-0.3, -0.25) is 24.5 Å². The second kappa shape index (κ2) is 9.82. The van der Waals surface area contributed by atoms with E-state index in [1.54, 1.807) is 0 Å². The lowest BCUT2D eigenvalue weighted by molar-refractivity contribution is -0.140. The number of nitrogens with zero attached hydrogens (tertiary/aromatic N) is 2. The van der Waals surface area contributed by atoms with E-state index in [1.165, 1.54) is 11.9 Å². The Morgan fingerprint density at radius 1 is 1.19 bits per heavy atom. The van der Waals surface area contributed by atoms with Crippen LogP contribution in [0.5, 0.6) is 0 Å². The van der Waals surface area contributed by atoms with Crippen molar-refractivity contribution in [3.8, 4) is 0 Å². The van der Waals surface area contributed by atoms with Crippen molar-refractivity contribution < 1.29 is 19.2 Å². The fourth-order valence-corrected chi connectivity index (χ4v) is 3.02. The molecule has 8 heteroatoms. The molecule has 1 atom stereocenters. The summed E-state index contributed by atoms with van der Waals surface area (Å²) >= 11 is 0. The molecule has 0 aromatic heterocycles. The van der Waals surface area contributed by atoms with E-state index in [1.807, 2.05) is 19.1 Å². The molecule has 1 unspecified atom stereocenters. The molecule has 27 heavy (non-hydrogen) atoms. The predicted molar refractivity (Wildman–Crippen MR) is 102 cm³/mol. The smallest absolute Gasteiger partial charge is 0.249 e. The van der Waals surface area contributed by atoms with E-state index in [0.29, 0.717) is 19.3 Å². The molecule has 146 valence electrons. The summed E-state index contributed by atoms with van der Waals surface area (Å²) in [6.07, 6.45) is 2.23. The van der Waals surface area contributed by atoms with Crippen molar-refractivity contribution in [2.24, 2.45) is 0 Å². The zero-order valence-electron chi connectivity index (χ0n) is 15.7. The summed E-state index contributed by atoms with van der Waals surface area (Å²) in [5, 5.41) is 5.48. The number of aryl methyl sites for hydroxylation is 1. The zero-order valence-corrected chi connectivity index (χ0v) is 15.7. The first-order chi connectivity index (χ1) is 13.0. The number of carbonyl (C=O) groups is 4. The highest BCUT2D eigenvalue weighted by atomic mass is 16.2. The normalized spacial score (nSPS) is 19.5. The highest BCUT2D eigenvalue weighted by molar-refractivity contribution is 6.00. The molecular formula is C19H26N4O4. The van der Waals surface area contributed by atoms with Crippen LogP contribution in [0.3, 0.4) is 0 Å². The number of anilines is 1. The Hall–Kier alpha value is -2.74. The molecule has 3 amide bonds. The van der Waals surface area contributed by atoms with E-state index in [9.17, 15) is 19.2 Å². The first-order valence-electron chi connectivity index (χ1n) is 8.98. The van der Waals surface area contributed by atoms with E-state index < -0.39 is 6.04 Å². The summed E-state index contributed by atoms with van der Waals surface area (Å²) < 4.78 is 0. The molecule has 2 saturated heterocycles. The molecule has 2 heterocycles. The molecule has 2 fully saturated rings. The Balaban J connectivity index is 0.000000199. The molecule has 2 aliphatic heterocycles. The largest absolute Gasteiger partial charge is 0.369 e. The predicted octanol–water partition coefficient (Wildman–Crippen LogP) is 0.0969. The minimum atomic E-state index is -0.486. The van der Waals surface area contributed by atoms with E-state index >= 15 is 0 Å². The Kier molecular flexibility index (Phi) is 7.48. The number of hydrogen-bond donors (Lipinski definition) is 2. The molecule has 0 bridgehead atoms. The molecule has 1 aromatic carbocycles. The number of imide groups is 1. The van der Waals surface area contributed by atoms with Gasteiger partial charge in [0, 0.05) is 50.9 Å². The second-order valence-electron chi connectivity index (χ2n) is 6.63. The van der Waals surface area contributed by atoms with E-state index in [2.05, 4.69) is 21.6 Å². The van der Waals surface area contributed by atoms with Crippen LogP contribution in [0.2, 0.25) is 0 Å². The van der Waals surface area contributed by atoms with Crippen LogP contribution in [-0.4, -0.2) is 68.7 Å². The van der Waals surface area contributed by atoms with Crippen molar-refractivity contribution in [3.63, 3.8) is 0 Å². The fraction of sp³-hybridized carbons (Fsp3) is 0.474. The molecule has 0 radical (unpaired) electrons. The van der Waals surface area contributed by atoms with Gasteiger partial charge in [-0.1, -0.05) is 6.07 Å². The lowest BCUT2D eigenvalue weighted by Crippen LogP contribution is -2.50. The van der Waals surface area contributed by atoms with Gasteiger partial charge in [0.25, 0.3) is 0 Å². The molecule has 1 aromatic rings. The monoisotopic (exact) mass is 374 g/mol. The third-order valence-electron chi connectivity index (χ3n) is 4.74. The Morgan fingerprint density at radius 2 is 1.89 bits per heavy atom. The second-order valence-corrected chi connectivity index (χ2v) is 6.63. The quantitative estimate of drug-likeness (QED) is 0.573. The highest BCUT2D eigenvalue weighted by Crippen LogP contribution is 2.18. The molecule has 0 spiro atoms. The van der Waals surface area contributed by atoms with Crippen LogP contribution in [0.15, 0.2) is 18.2 Å². The van der Waals surface area contributed by atoms with Crippen molar-refractivity contribution in [2.45, 2.75) is 25.8 Å². The van der Waals surface area contributed by atoms with Gasteiger partial charge in [0.1, 0.15) is 12.3 Å². The maximum absolute atomic E-state index is 11.1. The van der Waals surface area contributed by atoms with Crippen LogP contribution in [0.1, 0.15) is 28.8 Å². The third kappa shape index (κ3) is 5.62. The Bertz CT molecular complexity index is 701. The fourth-order valence-electron chi connectivity index (χ4n) is 3.02. The van der Waals surface area contributed by atoms with Crippen LogP contribution in [-0.2, 0) is 14.4 Å². The van der Waals surface area contributed by atoms with Crippen molar-refractivity contribution in [3.05, 3.63) is 29.3 Å². The first-order valence-corrected chi connectivity index (χ1v) is 8.98. The molecule has 3 rings (SSSR count). The van der Waals surface area contributed by atoms with Crippen molar-refractivity contribution in [1.29, 1.82) is 0 Å². The number of piperidine rings is 1. The average Bonchev–Trinajstić information content (AvgIpc) is 2.69. The number of hydrogen-bond acceptors (Lipinski definition) is 6. The molecule has 8 nitrogen and oxygen atoms in total. The number of benzene rings is 1. The van der Waals surface area contributed by atoms with Gasteiger partial charge in [-0.25, -0.2) is 0 Å². The number of nitrogens with one attached hydrogen (secondary N) is 2. The topological polar surface area (TPSA) is 98.8 Å². The number of aldehydes is 1. The molecule has 2 N–H and O–H groups in total. The SMILES string of the molecule is CN(C=O)C1CCC(=O)NC1=O.Cc1ccc(N2CCNCC2)cc1C=O. The van der Waals surface area contributed by atoms with Crippen LogP contribution in [0.25, 0.3) is 0 Å². The summed E-state index contributed by atoms with van der Waals surface area (Å²) in [5.41, 5.74) is 3.00. The van der Waals surface area contributed by atoms with E-state index in [4.69, 9.17) is 0 Å². The first kappa shape index (κ1) is 20.6. The maximum atomic E-state index is 11.1. The maximum Gasteiger partial charge on any atom is 0.249 e. The third-order valence-corrected chi connectivity index (χ3v) is 4.74. The Morgan fingerprint density at radius 3 is 2.48 bits per heavy atom. The lowest BCUT2D eigenvalue weighted by Gasteiger charge is -2.29. The number of rotatable bonds is 4. The molecule has 2 aliphatic rings. The summed E-state index contributed by atoms with van der Waals surface area (Å²) in [6.45, 7) is 6.03. The minimum Gasteiger partial charge on any atom is -0.369 e. The van der Waals surface area contributed by atoms with Crippen LogP contribution < -0.4 is 15.5 Å². The van der Waals surface area contributed by atoms with Crippen LogP contribution >= 0.6 is 0 Å². The van der Waals surface area contributed by atoms with Gasteiger partial charge in [-0.2, -0.15) is 0 Å². The number of likely N-dealkylation sites (N-methyl/N-ethyl adjacent to an activating group) is 1. The summed E-state index contributed by atoms with van der Waals surface area (Å²) in [7, 11) is 1.52. The van der Waals surface area contributed by atoms with Gasteiger partial charge in [-0.15, -0.1) is 0 Å². The number of piperazine rings is 1. The van der Waals surface area contributed by atoms with E-state index in [0.717, 1.165) is 49.3 Å². The number of amides is 3. The summed E-state index contributed by atoms with van der Waals surface area (Å²) in [5.74, 6) is -0.656. The van der Waals surface area contributed by atoms with Crippen LogP contribution in [0, 0.1) is 6.92 Å². The molecular weight excluding hydrogens is 348 g/mol. The van der Waals surface area contributed by atoms with Crippen molar-refractivity contribution in [2.75, 3.05) is 38.1 Å². The Labute approximate surface area is 158 Å². The van der Waals surface area contributed by atoms with Gasteiger partial charge in [0.2, 0.25) is 18.2 Å². The standard InChI is InChI=1S/C12H16N2O.C7H10N2O3/c1-10-2-3-12(8-11(10)9-15)14-6-4-13-5-7-14;1-9(4-10)5-2-3-6(11)8-7(5)12/h2-3,8-9,13H,4-7H2,1H3;4-5H,2-3H2,1H3,(H,8,11,12). The zero-order chi connectivity index (χ0) is 19.8. The highest BCUT2D eigenvalue weighted by Gasteiger charge is 2.28. The number of carbonyl (C=O) groups excluding carboxylic acids is 4.